The Morgan fingerprint density at radius 1 is 1.24 bits per heavy atom. The second-order valence-corrected chi connectivity index (χ2v) is 4.92. The molecule has 0 amide bonds. The highest BCUT2D eigenvalue weighted by molar-refractivity contribution is 5.63. The van der Waals surface area contributed by atoms with Crippen molar-refractivity contribution in [3.05, 3.63) is 54.0 Å². The molecule has 0 saturated heterocycles. The molecule has 0 saturated carbocycles. The monoisotopic (exact) mass is 287 g/mol. The number of rotatable bonds is 6. The Balaban J connectivity index is 2.43. The van der Waals surface area contributed by atoms with E-state index in [9.17, 15) is 4.39 Å². The second kappa shape index (κ2) is 7.18. The van der Waals surface area contributed by atoms with E-state index in [1.54, 1.807) is 18.3 Å². The molecule has 1 aromatic heterocycles. The highest BCUT2D eigenvalue weighted by Gasteiger charge is 2.17. The first-order chi connectivity index (χ1) is 10.2. The van der Waals surface area contributed by atoms with E-state index in [-0.39, 0.29) is 11.9 Å². The quantitative estimate of drug-likeness (QED) is 0.868. The molecule has 2 rings (SSSR count). The van der Waals surface area contributed by atoms with Crippen LogP contribution in [0.5, 0.6) is 0 Å². The van der Waals surface area contributed by atoms with Crippen molar-refractivity contribution in [3.8, 4) is 0 Å². The van der Waals surface area contributed by atoms with Gasteiger partial charge in [0, 0.05) is 30.0 Å². The van der Waals surface area contributed by atoms with E-state index in [0.29, 0.717) is 0 Å². The van der Waals surface area contributed by atoms with Gasteiger partial charge in [0.2, 0.25) is 0 Å². The van der Waals surface area contributed by atoms with Gasteiger partial charge in [0.25, 0.3) is 0 Å². The number of anilines is 2. The summed E-state index contributed by atoms with van der Waals surface area (Å²) in [6.07, 6.45) is 1.78. The van der Waals surface area contributed by atoms with Gasteiger partial charge in [0.1, 0.15) is 11.6 Å². The van der Waals surface area contributed by atoms with Gasteiger partial charge >= 0.3 is 0 Å². The fourth-order valence-electron chi connectivity index (χ4n) is 2.49. The van der Waals surface area contributed by atoms with E-state index < -0.39 is 0 Å². The third-order valence-corrected chi connectivity index (χ3v) is 3.49. The largest absolute Gasteiger partial charge is 0.326 e. The maximum Gasteiger partial charge on any atom is 0.137 e. The Labute approximate surface area is 125 Å². The molecule has 0 fully saturated rings. The maximum absolute atomic E-state index is 13.5. The van der Waals surface area contributed by atoms with Crippen molar-refractivity contribution in [3.63, 3.8) is 0 Å². The van der Waals surface area contributed by atoms with Crippen molar-refractivity contribution in [1.29, 1.82) is 0 Å². The van der Waals surface area contributed by atoms with Crippen molar-refractivity contribution in [1.82, 2.24) is 10.3 Å². The van der Waals surface area contributed by atoms with Crippen molar-refractivity contribution in [2.24, 2.45) is 0 Å². The van der Waals surface area contributed by atoms with Gasteiger partial charge < -0.3 is 10.2 Å². The molecule has 112 valence electrons. The van der Waals surface area contributed by atoms with Crippen molar-refractivity contribution in [2.45, 2.75) is 26.8 Å². The Morgan fingerprint density at radius 3 is 2.71 bits per heavy atom. The number of halogens is 1. The fourth-order valence-corrected chi connectivity index (χ4v) is 2.49. The summed E-state index contributed by atoms with van der Waals surface area (Å²) in [5.41, 5.74) is 1.94. The molecule has 1 atom stereocenters. The van der Waals surface area contributed by atoms with Crippen LogP contribution in [-0.2, 0) is 0 Å². The molecule has 1 heterocycles. The molecule has 3 nitrogen and oxygen atoms in total. The summed E-state index contributed by atoms with van der Waals surface area (Å²) in [6.45, 7) is 7.86. The van der Waals surface area contributed by atoms with Crippen molar-refractivity contribution >= 4 is 11.5 Å². The van der Waals surface area contributed by atoms with Gasteiger partial charge in [-0.25, -0.2) is 9.37 Å². The Kier molecular flexibility index (Phi) is 5.28. The minimum Gasteiger partial charge on any atom is -0.326 e. The van der Waals surface area contributed by atoms with Gasteiger partial charge in [-0.2, -0.15) is 0 Å². The molecular weight excluding hydrogens is 265 g/mol. The van der Waals surface area contributed by atoms with Crippen LogP contribution in [0.15, 0.2) is 42.6 Å². The van der Waals surface area contributed by atoms with E-state index in [1.807, 2.05) is 24.0 Å². The minimum atomic E-state index is -0.233. The second-order valence-electron chi connectivity index (χ2n) is 4.92. The van der Waals surface area contributed by atoms with Crippen LogP contribution >= 0.6 is 0 Å². The third-order valence-electron chi connectivity index (χ3n) is 3.49. The highest BCUT2D eigenvalue weighted by atomic mass is 19.1. The molecule has 1 aromatic carbocycles. The molecule has 1 unspecified atom stereocenters. The number of aromatic nitrogens is 1. The van der Waals surface area contributed by atoms with E-state index in [2.05, 4.69) is 30.2 Å². The van der Waals surface area contributed by atoms with Gasteiger partial charge in [-0.1, -0.05) is 19.1 Å². The summed E-state index contributed by atoms with van der Waals surface area (Å²) in [5.74, 6) is 0.641. The Morgan fingerprint density at radius 2 is 2.05 bits per heavy atom. The molecule has 0 spiro atoms. The average molecular weight is 287 g/mol. The van der Waals surface area contributed by atoms with Gasteiger partial charge in [0.05, 0.1) is 0 Å². The SMILES string of the molecule is CCNC(C)c1cccnc1N(CC)c1cccc(F)c1. The van der Waals surface area contributed by atoms with Crippen LogP contribution in [0, 0.1) is 5.82 Å². The summed E-state index contributed by atoms with van der Waals surface area (Å²) in [4.78, 5) is 6.56. The maximum atomic E-state index is 13.5. The molecular formula is C17H22FN3. The van der Waals surface area contributed by atoms with Crippen molar-refractivity contribution in [2.75, 3.05) is 18.0 Å². The first-order valence-electron chi connectivity index (χ1n) is 7.38. The molecule has 0 aliphatic heterocycles. The molecule has 0 aliphatic carbocycles. The molecule has 0 aliphatic rings. The number of benzene rings is 1. The standard InChI is InChI=1S/C17H22FN3/c1-4-19-13(3)16-10-7-11-20-17(16)21(5-2)15-9-6-8-14(18)12-15/h6-13,19H,4-5H2,1-3H3. The number of nitrogens with one attached hydrogen (secondary N) is 1. The van der Waals surface area contributed by atoms with Crippen LogP contribution in [0.2, 0.25) is 0 Å². The molecule has 2 aromatic rings. The fraction of sp³-hybridized carbons (Fsp3) is 0.353. The third kappa shape index (κ3) is 3.58. The zero-order valence-electron chi connectivity index (χ0n) is 12.8. The zero-order chi connectivity index (χ0) is 15.2. The smallest absolute Gasteiger partial charge is 0.137 e. The number of pyridine rings is 1. The highest BCUT2D eigenvalue weighted by Crippen LogP contribution is 2.30. The van der Waals surface area contributed by atoms with E-state index in [1.165, 1.54) is 6.07 Å². The molecule has 21 heavy (non-hydrogen) atoms. The van der Waals surface area contributed by atoms with Gasteiger partial charge in [0.15, 0.2) is 0 Å². The Hall–Kier alpha value is -1.94. The summed E-state index contributed by atoms with van der Waals surface area (Å²) in [5, 5.41) is 3.40. The predicted molar refractivity (Wildman–Crippen MR) is 85.4 cm³/mol. The van der Waals surface area contributed by atoms with Crippen LogP contribution < -0.4 is 10.2 Å². The Bertz CT molecular complexity index is 586. The lowest BCUT2D eigenvalue weighted by Crippen LogP contribution is -2.24. The van der Waals surface area contributed by atoms with E-state index in [4.69, 9.17) is 0 Å². The molecule has 1 N–H and O–H groups in total. The van der Waals surface area contributed by atoms with Crippen LogP contribution in [-0.4, -0.2) is 18.1 Å². The lowest BCUT2D eigenvalue weighted by Gasteiger charge is -2.26. The minimum absolute atomic E-state index is 0.196. The van der Waals surface area contributed by atoms with Crippen LogP contribution in [0.3, 0.4) is 0 Å². The summed E-state index contributed by atoms with van der Waals surface area (Å²) in [6, 6.07) is 10.8. The van der Waals surface area contributed by atoms with Crippen LogP contribution in [0.25, 0.3) is 0 Å². The molecule has 0 bridgehead atoms. The van der Waals surface area contributed by atoms with Gasteiger partial charge in [-0.3, -0.25) is 0 Å². The number of hydrogen-bond donors (Lipinski definition) is 1. The van der Waals surface area contributed by atoms with Crippen LogP contribution in [0.1, 0.15) is 32.4 Å². The lowest BCUT2D eigenvalue weighted by molar-refractivity contribution is 0.595. The first kappa shape index (κ1) is 15.4. The summed E-state index contributed by atoms with van der Waals surface area (Å²) < 4.78 is 13.5. The first-order valence-corrected chi connectivity index (χ1v) is 7.38. The summed E-state index contributed by atoms with van der Waals surface area (Å²) >= 11 is 0. The van der Waals surface area contributed by atoms with E-state index >= 15 is 0 Å². The lowest BCUT2D eigenvalue weighted by atomic mass is 10.1. The predicted octanol–water partition coefficient (Wildman–Crippen LogP) is 4.05. The number of nitrogens with zero attached hydrogens (tertiary/aromatic N) is 2. The zero-order valence-corrected chi connectivity index (χ0v) is 12.8. The number of hydrogen-bond acceptors (Lipinski definition) is 3. The van der Waals surface area contributed by atoms with Crippen LogP contribution in [0.4, 0.5) is 15.9 Å². The van der Waals surface area contributed by atoms with E-state index in [0.717, 1.165) is 30.2 Å². The average Bonchev–Trinajstić information content (AvgIpc) is 2.49. The summed E-state index contributed by atoms with van der Waals surface area (Å²) in [7, 11) is 0. The van der Waals surface area contributed by atoms with Gasteiger partial charge in [-0.15, -0.1) is 0 Å². The van der Waals surface area contributed by atoms with Crippen molar-refractivity contribution < 1.29 is 4.39 Å². The molecule has 0 radical (unpaired) electrons. The normalized spacial score (nSPS) is 12.2. The topological polar surface area (TPSA) is 28.2 Å². The molecule has 4 heteroatoms. The van der Waals surface area contributed by atoms with Gasteiger partial charge in [-0.05, 0) is 44.7 Å².